The molecule has 5 nitrogen and oxygen atoms in total. The second-order valence-corrected chi connectivity index (χ2v) is 5.42. The van der Waals surface area contributed by atoms with Gasteiger partial charge in [-0.15, -0.1) is 0 Å². The van der Waals surface area contributed by atoms with Crippen LogP contribution in [-0.4, -0.2) is 5.91 Å². The summed E-state index contributed by atoms with van der Waals surface area (Å²) in [6.45, 7) is 3.90. The Balaban J connectivity index is 1.75. The van der Waals surface area contributed by atoms with Gasteiger partial charge in [-0.05, 0) is 61.4 Å². The normalized spacial score (nSPS) is 10.9. The third kappa shape index (κ3) is 3.57. The van der Waals surface area contributed by atoms with Crippen LogP contribution in [0.3, 0.4) is 0 Å². The second kappa shape index (κ2) is 6.91. The highest BCUT2D eigenvalue weighted by Gasteiger charge is 2.10. The largest absolute Gasteiger partial charge is 0.459 e. The van der Waals surface area contributed by atoms with Crippen molar-refractivity contribution in [3.63, 3.8) is 0 Å². The number of hydrogen-bond donors (Lipinski definition) is 1. The quantitative estimate of drug-likeness (QED) is 0.639. The number of carbonyl (C=O) groups is 1. The molecule has 3 aromatic rings. The van der Waals surface area contributed by atoms with Gasteiger partial charge >= 0.3 is 0 Å². The fourth-order valence-electron chi connectivity index (χ4n) is 2.23. The summed E-state index contributed by atoms with van der Waals surface area (Å²) in [5.41, 5.74) is 4.25. The summed E-state index contributed by atoms with van der Waals surface area (Å²) in [7, 11) is 0. The van der Waals surface area contributed by atoms with E-state index in [1.54, 1.807) is 12.1 Å². The Kier molecular flexibility index (Phi) is 4.52. The van der Waals surface area contributed by atoms with E-state index in [-0.39, 0.29) is 11.7 Å². The Morgan fingerprint density at radius 2 is 1.79 bits per heavy atom. The highest BCUT2D eigenvalue weighted by molar-refractivity contribution is 6.02. The van der Waals surface area contributed by atoms with Crippen LogP contribution in [0.4, 0.5) is 17.1 Å². The van der Waals surface area contributed by atoms with Crippen molar-refractivity contribution in [1.82, 2.24) is 0 Å². The van der Waals surface area contributed by atoms with E-state index in [4.69, 9.17) is 4.42 Å². The molecule has 24 heavy (non-hydrogen) atoms. The van der Waals surface area contributed by atoms with E-state index in [1.807, 2.05) is 56.3 Å². The predicted molar refractivity (Wildman–Crippen MR) is 93.2 cm³/mol. The molecule has 0 atom stereocenters. The minimum Gasteiger partial charge on any atom is -0.459 e. The Bertz CT molecular complexity index is 883. The average molecular weight is 319 g/mol. The Hall–Kier alpha value is -3.21. The van der Waals surface area contributed by atoms with E-state index in [1.165, 1.54) is 6.26 Å². The van der Waals surface area contributed by atoms with E-state index in [0.29, 0.717) is 5.69 Å². The van der Waals surface area contributed by atoms with Gasteiger partial charge < -0.3 is 9.73 Å². The van der Waals surface area contributed by atoms with Gasteiger partial charge in [-0.2, -0.15) is 10.2 Å². The van der Waals surface area contributed by atoms with Crippen molar-refractivity contribution in [3.8, 4) is 0 Å². The van der Waals surface area contributed by atoms with Crippen LogP contribution < -0.4 is 5.32 Å². The molecule has 0 bridgehead atoms. The number of amides is 1. The summed E-state index contributed by atoms with van der Waals surface area (Å²) in [5.74, 6) is -0.00453. The summed E-state index contributed by atoms with van der Waals surface area (Å²) in [4.78, 5) is 12.0. The molecular weight excluding hydrogens is 302 g/mol. The molecule has 0 radical (unpaired) electrons. The molecule has 0 saturated carbocycles. The first kappa shape index (κ1) is 15.7. The standard InChI is InChI=1S/C19H17N3O2/c1-13-6-3-4-7-17(13)22-21-15-9-10-16(14(2)12-15)20-19(23)18-8-5-11-24-18/h3-12H,1-2H3,(H,20,23). The zero-order valence-electron chi connectivity index (χ0n) is 13.5. The van der Waals surface area contributed by atoms with Crippen molar-refractivity contribution in [1.29, 1.82) is 0 Å². The number of azo groups is 1. The highest BCUT2D eigenvalue weighted by Crippen LogP contribution is 2.25. The summed E-state index contributed by atoms with van der Waals surface area (Å²) in [6.07, 6.45) is 1.47. The van der Waals surface area contributed by atoms with E-state index < -0.39 is 0 Å². The Morgan fingerprint density at radius 3 is 2.50 bits per heavy atom. The van der Waals surface area contributed by atoms with Gasteiger partial charge in [0, 0.05) is 5.69 Å². The van der Waals surface area contributed by atoms with Gasteiger partial charge in [-0.3, -0.25) is 4.79 Å². The third-order valence-electron chi connectivity index (χ3n) is 3.59. The molecule has 5 heteroatoms. The molecule has 3 rings (SSSR count). The van der Waals surface area contributed by atoms with Crippen LogP contribution in [0.25, 0.3) is 0 Å². The zero-order chi connectivity index (χ0) is 16.9. The van der Waals surface area contributed by atoms with Crippen molar-refractivity contribution >= 4 is 23.0 Å². The molecule has 0 unspecified atom stereocenters. The maximum absolute atomic E-state index is 12.0. The van der Waals surface area contributed by atoms with Crippen LogP contribution in [-0.2, 0) is 0 Å². The van der Waals surface area contributed by atoms with Gasteiger partial charge in [-0.25, -0.2) is 0 Å². The Morgan fingerprint density at radius 1 is 0.958 bits per heavy atom. The number of rotatable bonds is 4. The van der Waals surface area contributed by atoms with Gasteiger partial charge in [0.15, 0.2) is 5.76 Å². The number of anilines is 1. The molecule has 0 aliphatic carbocycles. The molecule has 1 N–H and O–H groups in total. The molecule has 1 amide bonds. The maximum atomic E-state index is 12.0. The number of nitrogens with zero attached hydrogens (tertiary/aromatic N) is 2. The topological polar surface area (TPSA) is 67.0 Å². The van der Waals surface area contributed by atoms with Crippen molar-refractivity contribution < 1.29 is 9.21 Å². The molecule has 2 aromatic carbocycles. The van der Waals surface area contributed by atoms with Crippen LogP contribution in [0.15, 0.2) is 75.5 Å². The molecule has 120 valence electrons. The number of nitrogens with one attached hydrogen (secondary N) is 1. The first-order chi connectivity index (χ1) is 11.6. The lowest BCUT2D eigenvalue weighted by molar-refractivity contribution is 0.0996. The van der Waals surface area contributed by atoms with E-state index in [0.717, 1.165) is 22.5 Å². The van der Waals surface area contributed by atoms with Gasteiger partial charge in [0.25, 0.3) is 5.91 Å². The number of benzene rings is 2. The van der Waals surface area contributed by atoms with Crippen LogP contribution in [0.2, 0.25) is 0 Å². The molecule has 0 saturated heterocycles. The first-order valence-corrected chi connectivity index (χ1v) is 7.56. The fraction of sp³-hybridized carbons (Fsp3) is 0.105. The fourth-order valence-corrected chi connectivity index (χ4v) is 2.23. The lowest BCUT2D eigenvalue weighted by Crippen LogP contribution is -2.11. The average Bonchev–Trinajstić information content (AvgIpc) is 3.11. The minimum atomic E-state index is -0.280. The van der Waals surface area contributed by atoms with Gasteiger partial charge in [0.1, 0.15) is 0 Å². The van der Waals surface area contributed by atoms with Crippen LogP contribution in [0, 0.1) is 13.8 Å². The molecule has 0 spiro atoms. The smallest absolute Gasteiger partial charge is 0.291 e. The molecule has 0 aliphatic rings. The molecule has 1 heterocycles. The van der Waals surface area contributed by atoms with Crippen LogP contribution in [0.1, 0.15) is 21.7 Å². The van der Waals surface area contributed by atoms with Gasteiger partial charge in [0.05, 0.1) is 17.6 Å². The Labute approximate surface area is 140 Å². The summed E-state index contributed by atoms with van der Waals surface area (Å²) >= 11 is 0. The van der Waals surface area contributed by atoms with Crippen molar-refractivity contribution in [3.05, 3.63) is 77.7 Å². The summed E-state index contributed by atoms with van der Waals surface area (Å²) in [6, 6.07) is 16.6. The number of hydrogen-bond acceptors (Lipinski definition) is 4. The first-order valence-electron chi connectivity index (χ1n) is 7.56. The highest BCUT2D eigenvalue weighted by atomic mass is 16.3. The third-order valence-corrected chi connectivity index (χ3v) is 3.59. The van der Waals surface area contributed by atoms with Crippen molar-refractivity contribution in [2.75, 3.05) is 5.32 Å². The second-order valence-electron chi connectivity index (χ2n) is 5.42. The predicted octanol–water partition coefficient (Wildman–Crippen LogP) is 5.56. The lowest BCUT2D eigenvalue weighted by atomic mass is 10.2. The molecule has 1 aromatic heterocycles. The molecule has 0 aliphatic heterocycles. The van der Waals surface area contributed by atoms with Crippen molar-refractivity contribution in [2.45, 2.75) is 13.8 Å². The number of aryl methyl sites for hydroxylation is 2. The monoisotopic (exact) mass is 319 g/mol. The summed E-state index contributed by atoms with van der Waals surface area (Å²) < 4.78 is 5.08. The minimum absolute atomic E-state index is 0.276. The lowest BCUT2D eigenvalue weighted by Gasteiger charge is -2.07. The summed E-state index contributed by atoms with van der Waals surface area (Å²) in [5, 5.41) is 11.4. The van der Waals surface area contributed by atoms with Crippen molar-refractivity contribution in [2.24, 2.45) is 10.2 Å². The maximum Gasteiger partial charge on any atom is 0.291 e. The SMILES string of the molecule is Cc1ccccc1N=Nc1ccc(NC(=O)c2ccco2)c(C)c1. The van der Waals surface area contributed by atoms with E-state index in [9.17, 15) is 4.79 Å². The van der Waals surface area contributed by atoms with Crippen LogP contribution >= 0.6 is 0 Å². The van der Waals surface area contributed by atoms with Crippen LogP contribution in [0.5, 0.6) is 0 Å². The van der Waals surface area contributed by atoms with Gasteiger partial charge in [-0.1, -0.05) is 18.2 Å². The van der Waals surface area contributed by atoms with E-state index >= 15 is 0 Å². The zero-order valence-corrected chi connectivity index (χ0v) is 13.5. The number of furan rings is 1. The van der Waals surface area contributed by atoms with E-state index in [2.05, 4.69) is 15.5 Å². The molecular formula is C19H17N3O2. The number of carbonyl (C=O) groups excluding carboxylic acids is 1. The van der Waals surface area contributed by atoms with Gasteiger partial charge in [0.2, 0.25) is 0 Å². The molecule has 0 fully saturated rings.